The van der Waals surface area contributed by atoms with E-state index in [0.29, 0.717) is 0 Å². The molecule has 4 heterocycles. The summed E-state index contributed by atoms with van der Waals surface area (Å²) in [6, 6.07) is 23.0. The number of anilines is 2. The summed E-state index contributed by atoms with van der Waals surface area (Å²) < 4.78 is 13.4. The second-order valence-electron chi connectivity index (χ2n) is 12.7. The Balaban J connectivity index is 1.27. The third kappa shape index (κ3) is 3.60. The highest BCUT2D eigenvalue weighted by atomic mass is 16.3. The molecule has 2 saturated heterocycles. The number of hydrogen-bond acceptors (Lipinski definition) is 4. The highest BCUT2D eigenvalue weighted by Crippen LogP contribution is 2.45. The van der Waals surface area contributed by atoms with Gasteiger partial charge < -0.3 is 18.6 Å². The molecule has 0 spiro atoms. The molecule has 0 unspecified atom stereocenters. The zero-order valence-corrected chi connectivity index (χ0v) is 24.6. The Bertz CT molecular complexity index is 2030. The molecule has 0 aliphatic carbocycles. The minimum Gasteiger partial charge on any atom is -0.456 e. The maximum Gasteiger partial charge on any atom is 0.139 e. The molecule has 0 saturated carbocycles. The van der Waals surface area contributed by atoms with Gasteiger partial charge in [0.1, 0.15) is 22.3 Å². The van der Waals surface area contributed by atoms with Crippen molar-refractivity contribution in [1.82, 2.24) is 0 Å². The minimum atomic E-state index is 0.949. The quantitative estimate of drug-likeness (QED) is 0.214. The second-order valence-corrected chi connectivity index (χ2v) is 12.7. The van der Waals surface area contributed by atoms with Crippen LogP contribution in [0.2, 0.25) is 0 Å². The van der Waals surface area contributed by atoms with Gasteiger partial charge in [-0.15, -0.1) is 0 Å². The van der Waals surface area contributed by atoms with Crippen molar-refractivity contribution < 1.29 is 8.83 Å². The van der Waals surface area contributed by atoms with E-state index in [2.05, 4.69) is 84.3 Å². The first-order valence-corrected chi connectivity index (χ1v) is 15.8. The maximum absolute atomic E-state index is 6.69. The van der Waals surface area contributed by atoms with Crippen LogP contribution >= 0.6 is 0 Å². The van der Waals surface area contributed by atoms with Crippen molar-refractivity contribution in [2.75, 3.05) is 36.0 Å². The van der Waals surface area contributed by atoms with Gasteiger partial charge in [0.25, 0.3) is 0 Å². The molecule has 2 aliphatic heterocycles. The normalized spacial score (nSPS) is 16.7. The Kier molecular flexibility index (Phi) is 5.33. The van der Waals surface area contributed by atoms with E-state index in [9.17, 15) is 0 Å². The van der Waals surface area contributed by atoms with E-state index in [4.69, 9.17) is 8.83 Å². The zero-order chi connectivity index (χ0) is 27.9. The number of furan rings is 2. The topological polar surface area (TPSA) is 32.8 Å². The molecule has 0 radical (unpaired) electrons. The number of fused-ring (bicyclic) bond motifs is 9. The van der Waals surface area contributed by atoms with E-state index in [0.717, 1.165) is 59.6 Å². The van der Waals surface area contributed by atoms with Crippen molar-refractivity contribution >= 4 is 76.8 Å². The van der Waals surface area contributed by atoms with Crippen LogP contribution in [0.3, 0.4) is 0 Å². The average molecular weight is 553 g/mol. The van der Waals surface area contributed by atoms with Gasteiger partial charge in [-0.1, -0.05) is 12.1 Å². The number of benzene rings is 5. The van der Waals surface area contributed by atoms with Crippen LogP contribution in [0.4, 0.5) is 11.4 Å². The molecule has 0 amide bonds. The van der Waals surface area contributed by atoms with Crippen LogP contribution in [-0.2, 0) is 0 Å². The molecular weight excluding hydrogens is 516 g/mol. The van der Waals surface area contributed by atoms with E-state index in [-0.39, 0.29) is 0 Å². The van der Waals surface area contributed by atoms with Gasteiger partial charge in [-0.25, -0.2) is 0 Å². The third-order valence-corrected chi connectivity index (χ3v) is 10.2. The van der Waals surface area contributed by atoms with Crippen molar-refractivity contribution in [3.8, 4) is 0 Å². The van der Waals surface area contributed by atoms with Crippen LogP contribution < -0.4 is 9.80 Å². The van der Waals surface area contributed by atoms with Crippen LogP contribution in [0, 0.1) is 13.8 Å². The monoisotopic (exact) mass is 552 g/mol. The molecule has 42 heavy (non-hydrogen) atoms. The Hall–Kier alpha value is -4.18. The van der Waals surface area contributed by atoms with Gasteiger partial charge in [0.15, 0.2) is 0 Å². The van der Waals surface area contributed by atoms with Gasteiger partial charge in [0, 0.05) is 59.1 Å². The molecule has 9 rings (SSSR count). The van der Waals surface area contributed by atoms with Crippen LogP contribution in [-0.4, -0.2) is 26.2 Å². The summed E-state index contributed by atoms with van der Waals surface area (Å²) in [4.78, 5) is 5.06. The zero-order valence-electron chi connectivity index (χ0n) is 24.6. The van der Waals surface area contributed by atoms with Crippen molar-refractivity contribution in [3.05, 3.63) is 71.8 Å². The van der Waals surface area contributed by atoms with Gasteiger partial charge in [0.05, 0.1) is 0 Å². The molecule has 2 fully saturated rings. The van der Waals surface area contributed by atoms with Gasteiger partial charge >= 0.3 is 0 Å². The summed E-state index contributed by atoms with van der Waals surface area (Å²) in [5.74, 6) is 0. The molecule has 7 aromatic rings. The molecule has 2 aliphatic rings. The fourth-order valence-electron chi connectivity index (χ4n) is 7.72. The van der Waals surface area contributed by atoms with E-state index in [1.807, 2.05) is 0 Å². The Labute approximate surface area is 245 Å². The lowest BCUT2D eigenvalue weighted by molar-refractivity contribution is 0.578. The van der Waals surface area contributed by atoms with E-state index in [1.54, 1.807) is 0 Å². The van der Waals surface area contributed by atoms with Gasteiger partial charge in [0.2, 0.25) is 0 Å². The predicted octanol–water partition coefficient (Wildman–Crippen LogP) is 10.4. The van der Waals surface area contributed by atoms with E-state index >= 15 is 0 Å². The van der Waals surface area contributed by atoms with Crippen molar-refractivity contribution in [2.45, 2.75) is 52.4 Å². The SMILES string of the molecule is Cc1c(C)c2oc3cc4cc(N5CCCCC5)ccc4cc3c2c2c1oc1cc3cc(N4CCCCC4)ccc3cc12. The standard InChI is InChI=1S/C38H36N2O2/c1-23-24(2)38-36(32-20-26-10-12-30(40-15-7-4-8-16-40)18-28(26)22-34(32)42-38)35-31-19-25-9-11-29(39-13-5-3-6-14-39)17-27(25)21-33(31)41-37(23)35/h9-12,17-22H,3-8,13-16H2,1-2H3. The molecule has 0 atom stereocenters. The van der Waals surface area contributed by atoms with Gasteiger partial charge in [-0.3, -0.25) is 0 Å². The molecule has 210 valence electrons. The molecule has 0 N–H and O–H groups in total. The van der Waals surface area contributed by atoms with Crippen molar-refractivity contribution in [3.63, 3.8) is 0 Å². The first-order valence-electron chi connectivity index (χ1n) is 15.8. The summed E-state index contributed by atoms with van der Waals surface area (Å²) in [6.07, 6.45) is 7.81. The van der Waals surface area contributed by atoms with E-state index < -0.39 is 0 Å². The largest absolute Gasteiger partial charge is 0.456 e. The molecule has 4 nitrogen and oxygen atoms in total. The van der Waals surface area contributed by atoms with Crippen LogP contribution in [0.15, 0.2) is 69.5 Å². The lowest BCUT2D eigenvalue weighted by Gasteiger charge is -2.29. The number of aryl methyl sites for hydroxylation is 2. The molecular formula is C38H36N2O2. The van der Waals surface area contributed by atoms with Crippen molar-refractivity contribution in [1.29, 1.82) is 0 Å². The maximum atomic E-state index is 6.69. The van der Waals surface area contributed by atoms with Crippen LogP contribution in [0.5, 0.6) is 0 Å². The number of nitrogens with zero attached hydrogens (tertiary/aromatic N) is 2. The molecule has 5 aromatic carbocycles. The summed E-state index contributed by atoms with van der Waals surface area (Å²) in [6.45, 7) is 8.94. The Morgan fingerprint density at radius 3 is 1.33 bits per heavy atom. The summed E-state index contributed by atoms with van der Waals surface area (Å²) in [7, 11) is 0. The van der Waals surface area contributed by atoms with Gasteiger partial charge in [-0.05, 0) is 134 Å². The Morgan fingerprint density at radius 1 is 0.476 bits per heavy atom. The second kappa shape index (κ2) is 9.16. The van der Waals surface area contributed by atoms with Crippen LogP contribution in [0.1, 0.15) is 49.7 Å². The number of piperidine rings is 2. The lowest BCUT2D eigenvalue weighted by Crippen LogP contribution is -2.29. The fraction of sp³-hybridized carbons (Fsp3) is 0.316. The third-order valence-electron chi connectivity index (χ3n) is 10.2. The number of hydrogen-bond donors (Lipinski definition) is 0. The first-order chi connectivity index (χ1) is 20.6. The lowest BCUT2D eigenvalue weighted by atomic mass is 9.96. The molecule has 2 aromatic heterocycles. The van der Waals surface area contributed by atoms with Crippen molar-refractivity contribution in [2.24, 2.45) is 0 Å². The Morgan fingerprint density at radius 2 is 0.905 bits per heavy atom. The first kappa shape index (κ1) is 24.4. The minimum absolute atomic E-state index is 0.949. The molecule has 4 heteroatoms. The van der Waals surface area contributed by atoms with E-state index in [1.165, 1.54) is 93.0 Å². The number of rotatable bonds is 2. The summed E-state index contributed by atoms with van der Waals surface area (Å²) >= 11 is 0. The molecule has 0 bridgehead atoms. The highest BCUT2D eigenvalue weighted by Gasteiger charge is 2.22. The predicted molar refractivity (Wildman–Crippen MR) is 178 cm³/mol. The highest BCUT2D eigenvalue weighted by molar-refractivity contribution is 6.29. The summed E-state index contributed by atoms with van der Waals surface area (Å²) in [5, 5.41) is 9.66. The smallest absolute Gasteiger partial charge is 0.139 e. The average Bonchev–Trinajstić information content (AvgIpc) is 3.59. The van der Waals surface area contributed by atoms with Crippen LogP contribution in [0.25, 0.3) is 65.4 Å². The van der Waals surface area contributed by atoms with Gasteiger partial charge in [-0.2, -0.15) is 0 Å². The summed E-state index contributed by atoms with van der Waals surface area (Å²) in [5.41, 5.74) is 8.81. The fourth-order valence-corrected chi connectivity index (χ4v) is 7.72.